The molecule has 26 heavy (non-hydrogen) atoms. The highest BCUT2D eigenvalue weighted by Gasteiger charge is 2.24. The van der Waals surface area contributed by atoms with Gasteiger partial charge in [0.1, 0.15) is 24.2 Å². The molecule has 1 atom stereocenters. The SMILES string of the molecule is COc1ccc(COCc2cc(OCC3CO3)c(C(N)=O)cc2Cl)cc1. The molecular weight excluding hydrogens is 358 g/mol. The summed E-state index contributed by atoms with van der Waals surface area (Å²) in [7, 11) is 1.62. The van der Waals surface area contributed by atoms with Gasteiger partial charge in [-0.2, -0.15) is 0 Å². The van der Waals surface area contributed by atoms with Gasteiger partial charge in [-0.25, -0.2) is 0 Å². The minimum absolute atomic E-state index is 0.0705. The van der Waals surface area contributed by atoms with Gasteiger partial charge in [-0.3, -0.25) is 4.79 Å². The maximum absolute atomic E-state index is 11.6. The number of epoxide rings is 1. The maximum atomic E-state index is 11.6. The largest absolute Gasteiger partial charge is 0.497 e. The molecule has 1 aliphatic rings. The number of methoxy groups -OCH3 is 1. The van der Waals surface area contributed by atoms with Gasteiger partial charge in [-0.15, -0.1) is 0 Å². The number of amides is 1. The Morgan fingerprint density at radius 1 is 1.27 bits per heavy atom. The second kappa shape index (κ2) is 8.40. The Morgan fingerprint density at radius 3 is 2.62 bits per heavy atom. The Kier molecular flexibility index (Phi) is 5.98. The molecule has 2 aromatic rings. The number of ether oxygens (including phenoxy) is 4. The van der Waals surface area contributed by atoms with E-state index in [4.69, 9.17) is 36.3 Å². The van der Waals surface area contributed by atoms with Crippen LogP contribution < -0.4 is 15.2 Å². The number of hydrogen-bond donors (Lipinski definition) is 1. The van der Waals surface area contributed by atoms with Gasteiger partial charge in [0.25, 0.3) is 5.91 Å². The lowest BCUT2D eigenvalue weighted by molar-refractivity contribution is 0.0993. The number of benzene rings is 2. The maximum Gasteiger partial charge on any atom is 0.252 e. The fraction of sp³-hybridized carbons (Fsp3) is 0.316. The summed E-state index contributed by atoms with van der Waals surface area (Å²) in [6.45, 7) is 1.73. The molecule has 1 unspecified atom stereocenters. The van der Waals surface area contributed by atoms with E-state index in [1.165, 1.54) is 6.07 Å². The van der Waals surface area contributed by atoms with E-state index < -0.39 is 5.91 Å². The molecule has 138 valence electrons. The van der Waals surface area contributed by atoms with Crippen molar-refractivity contribution in [3.8, 4) is 11.5 Å². The molecule has 0 spiro atoms. The van der Waals surface area contributed by atoms with Crippen LogP contribution in [0.5, 0.6) is 11.5 Å². The molecule has 2 aromatic carbocycles. The standard InChI is InChI=1S/C19H20ClNO5/c1-23-14-4-2-12(3-5-14)8-24-9-13-6-18(26-11-15-10-25-15)16(19(21)22)7-17(13)20/h2-7,15H,8-11H2,1H3,(H2,21,22). The summed E-state index contributed by atoms with van der Waals surface area (Å²) >= 11 is 6.26. The van der Waals surface area contributed by atoms with Crippen molar-refractivity contribution in [1.29, 1.82) is 0 Å². The topological polar surface area (TPSA) is 83.3 Å². The fourth-order valence-corrected chi connectivity index (χ4v) is 2.58. The van der Waals surface area contributed by atoms with Crippen molar-refractivity contribution in [1.82, 2.24) is 0 Å². The normalized spacial score (nSPS) is 15.5. The van der Waals surface area contributed by atoms with E-state index in [9.17, 15) is 4.79 Å². The highest BCUT2D eigenvalue weighted by Crippen LogP contribution is 2.29. The molecule has 6 nitrogen and oxygen atoms in total. The summed E-state index contributed by atoms with van der Waals surface area (Å²) in [5.41, 5.74) is 7.38. The van der Waals surface area contributed by atoms with Crippen LogP contribution in [0.4, 0.5) is 0 Å². The van der Waals surface area contributed by atoms with E-state index >= 15 is 0 Å². The van der Waals surface area contributed by atoms with Crippen LogP contribution >= 0.6 is 11.6 Å². The summed E-state index contributed by atoms with van der Waals surface area (Å²) in [6.07, 6.45) is 0.0705. The first-order valence-corrected chi connectivity index (χ1v) is 8.52. The van der Waals surface area contributed by atoms with Crippen molar-refractivity contribution in [2.75, 3.05) is 20.3 Å². The second-order valence-corrected chi connectivity index (χ2v) is 6.32. The van der Waals surface area contributed by atoms with Gasteiger partial charge < -0.3 is 24.7 Å². The van der Waals surface area contributed by atoms with Gasteiger partial charge in [0.05, 0.1) is 32.5 Å². The Morgan fingerprint density at radius 2 is 2.00 bits per heavy atom. The third-order valence-electron chi connectivity index (χ3n) is 3.93. The Balaban J connectivity index is 1.65. The molecule has 0 aromatic heterocycles. The summed E-state index contributed by atoms with van der Waals surface area (Å²) in [5.74, 6) is 0.588. The predicted octanol–water partition coefficient (Wildman–Crippen LogP) is 2.94. The number of rotatable bonds is 9. The first-order chi connectivity index (χ1) is 12.6. The Hall–Kier alpha value is -2.28. The van der Waals surface area contributed by atoms with Crippen LogP contribution in [0.2, 0.25) is 5.02 Å². The van der Waals surface area contributed by atoms with Gasteiger partial charge in [0.15, 0.2) is 0 Å². The molecule has 1 heterocycles. The molecule has 1 aliphatic heterocycles. The van der Waals surface area contributed by atoms with Crippen molar-refractivity contribution in [2.45, 2.75) is 19.3 Å². The molecule has 1 saturated heterocycles. The van der Waals surface area contributed by atoms with E-state index in [0.717, 1.165) is 16.9 Å². The third-order valence-corrected chi connectivity index (χ3v) is 4.28. The lowest BCUT2D eigenvalue weighted by Gasteiger charge is -2.13. The molecule has 1 fully saturated rings. The average molecular weight is 378 g/mol. The number of halogens is 1. The Bertz CT molecular complexity index is 774. The highest BCUT2D eigenvalue weighted by molar-refractivity contribution is 6.31. The van der Waals surface area contributed by atoms with Crippen LogP contribution in [-0.4, -0.2) is 32.3 Å². The van der Waals surface area contributed by atoms with Crippen molar-refractivity contribution in [3.63, 3.8) is 0 Å². The number of carbonyl (C=O) groups excluding carboxylic acids is 1. The third kappa shape index (κ3) is 4.88. The number of nitrogens with two attached hydrogens (primary N) is 1. The van der Waals surface area contributed by atoms with Crippen LogP contribution in [0, 0.1) is 0 Å². The van der Waals surface area contributed by atoms with Gasteiger partial charge in [0.2, 0.25) is 0 Å². The van der Waals surface area contributed by atoms with Crippen molar-refractivity contribution in [2.24, 2.45) is 5.73 Å². The number of primary amides is 1. The van der Waals surface area contributed by atoms with E-state index in [1.807, 2.05) is 24.3 Å². The van der Waals surface area contributed by atoms with E-state index in [1.54, 1.807) is 13.2 Å². The average Bonchev–Trinajstić information content (AvgIpc) is 3.46. The zero-order valence-corrected chi connectivity index (χ0v) is 15.1. The lowest BCUT2D eigenvalue weighted by Crippen LogP contribution is -2.15. The molecule has 0 aliphatic carbocycles. The molecule has 7 heteroatoms. The first-order valence-electron chi connectivity index (χ1n) is 8.14. The first kappa shape index (κ1) is 18.5. The summed E-state index contributed by atoms with van der Waals surface area (Å²) in [6, 6.07) is 10.8. The van der Waals surface area contributed by atoms with Crippen LogP contribution in [0.25, 0.3) is 0 Å². The minimum atomic E-state index is -0.593. The van der Waals surface area contributed by atoms with Crippen LogP contribution in [0.1, 0.15) is 21.5 Å². The zero-order chi connectivity index (χ0) is 18.5. The van der Waals surface area contributed by atoms with Gasteiger partial charge >= 0.3 is 0 Å². The smallest absolute Gasteiger partial charge is 0.252 e. The van der Waals surface area contributed by atoms with Crippen molar-refractivity contribution in [3.05, 3.63) is 58.1 Å². The number of carbonyl (C=O) groups is 1. The van der Waals surface area contributed by atoms with Crippen molar-refractivity contribution < 1.29 is 23.7 Å². The fourth-order valence-electron chi connectivity index (χ4n) is 2.37. The zero-order valence-electron chi connectivity index (χ0n) is 14.4. The van der Waals surface area contributed by atoms with Crippen LogP contribution in [0.3, 0.4) is 0 Å². The summed E-state index contributed by atoms with van der Waals surface area (Å²) in [5, 5.41) is 0.406. The molecule has 2 N–H and O–H groups in total. The Labute approximate surface area is 156 Å². The molecule has 1 amide bonds. The monoisotopic (exact) mass is 377 g/mol. The van der Waals surface area contributed by atoms with Gasteiger partial charge in [-0.05, 0) is 29.8 Å². The molecule has 0 bridgehead atoms. The highest BCUT2D eigenvalue weighted by atomic mass is 35.5. The summed E-state index contributed by atoms with van der Waals surface area (Å²) < 4.78 is 21.6. The minimum Gasteiger partial charge on any atom is -0.497 e. The van der Waals surface area contributed by atoms with Crippen molar-refractivity contribution >= 4 is 17.5 Å². The molecule has 3 rings (SSSR count). The molecule has 0 radical (unpaired) electrons. The van der Waals surface area contributed by atoms with Gasteiger partial charge in [-0.1, -0.05) is 23.7 Å². The van der Waals surface area contributed by atoms with E-state index in [0.29, 0.717) is 30.6 Å². The van der Waals surface area contributed by atoms with E-state index in [2.05, 4.69) is 0 Å². The van der Waals surface area contributed by atoms with E-state index in [-0.39, 0.29) is 18.3 Å². The quantitative estimate of drug-likeness (QED) is 0.679. The van der Waals surface area contributed by atoms with Gasteiger partial charge in [0, 0.05) is 10.6 Å². The molecule has 0 saturated carbocycles. The van der Waals surface area contributed by atoms with Crippen LogP contribution in [-0.2, 0) is 22.7 Å². The predicted molar refractivity (Wildman–Crippen MR) is 96.7 cm³/mol. The molecular formula is C19H20ClNO5. The second-order valence-electron chi connectivity index (χ2n) is 5.91. The lowest BCUT2D eigenvalue weighted by atomic mass is 10.1. The summed E-state index contributed by atoms with van der Waals surface area (Å²) in [4.78, 5) is 11.6. The van der Waals surface area contributed by atoms with Crippen LogP contribution in [0.15, 0.2) is 36.4 Å². The number of hydrogen-bond acceptors (Lipinski definition) is 5.